The summed E-state index contributed by atoms with van der Waals surface area (Å²) in [5.41, 5.74) is 8.58. The highest BCUT2D eigenvalue weighted by Crippen LogP contribution is 2.39. The first-order chi connectivity index (χ1) is 10.8. The van der Waals surface area contributed by atoms with Gasteiger partial charge in [0.25, 0.3) is 0 Å². The molecule has 1 aliphatic carbocycles. The van der Waals surface area contributed by atoms with Crippen molar-refractivity contribution in [2.45, 2.75) is 18.8 Å². The van der Waals surface area contributed by atoms with E-state index in [1.54, 1.807) is 6.20 Å². The highest BCUT2D eigenvalue weighted by atomic mass is 15.2. The van der Waals surface area contributed by atoms with Crippen molar-refractivity contribution in [1.29, 1.82) is 0 Å². The van der Waals surface area contributed by atoms with E-state index in [2.05, 4.69) is 25.5 Å². The van der Waals surface area contributed by atoms with Crippen LogP contribution in [0.4, 0.5) is 17.3 Å². The highest BCUT2D eigenvalue weighted by molar-refractivity contribution is 5.69. The van der Waals surface area contributed by atoms with E-state index in [-0.39, 0.29) is 0 Å². The number of anilines is 3. The van der Waals surface area contributed by atoms with Crippen LogP contribution in [-0.2, 0) is 0 Å². The summed E-state index contributed by atoms with van der Waals surface area (Å²) in [4.78, 5) is 8.80. The summed E-state index contributed by atoms with van der Waals surface area (Å²) in [6.07, 6.45) is 4.08. The molecular formula is C16H16N6. The van der Waals surface area contributed by atoms with Crippen molar-refractivity contribution in [1.82, 2.24) is 20.2 Å². The molecule has 0 radical (unpaired) electrons. The Bertz CT molecular complexity index is 791. The molecule has 0 spiro atoms. The van der Waals surface area contributed by atoms with Crippen LogP contribution in [0.5, 0.6) is 0 Å². The number of aromatic nitrogens is 4. The fraction of sp³-hybridized carbons (Fsp3) is 0.188. The Kier molecular flexibility index (Phi) is 3.00. The van der Waals surface area contributed by atoms with Gasteiger partial charge in [0.15, 0.2) is 17.5 Å². The molecule has 4 N–H and O–H groups in total. The molecule has 1 saturated carbocycles. The summed E-state index contributed by atoms with van der Waals surface area (Å²) in [7, 11) is 0. The van der Waals surface area contributed by atoms with E-state index in [1.807, 2.05) is 36.4 Å². The fourth-order valence-electron chi connectivity index (χ4n) is 2.34. The minimum absolute atomic E-state index is 0.496. The molecular weight excluding hydrogens is 276 g/mol. The van der Waals surface area contributed by atoms with Crippen LogP contribution in [0.2, 0.25) is 0 Å². The number of nitrogens with zero attached hydrogens (tertiary/aromatic N) is 3. The van der Waals surface area contributed by atoms with E-state index in [1.165, 1.54) is 18.5 Å². The lowest BCUT2D eigenvalue weighted by atomic mass is 10.2. The first-order valence-corrected chi connectivity index (χ1v) is 7.30. The number of nitrogen functional groups attached to an aromatic ring is 1. The van der Waals surface area contributed by atoms with Crippen LogP contribution >= 0.6 is 0 Å². The number of benzene rings is 1. The van der Waals surface area contributed by atoms with Crippen molar-refractivity contribution in [3.63, 3.8) is 0 Å². The van der Waals surface area contributed by atoms with Gasteiger partial charge in [0.1, 0.15) is 0 Å². The van der Waals surface area contributed by atoms with Crippen LogP contribution in [0, 0.1) is 0 Å². The topological polar surface area (TPSA) is 92.5 Å². The van der Waals surface area contributed by atoms with Gasteiger partial charge in [0, 0.05) is 23.2 Å². The molecule has 2 heterocycles. The van der Waals surface area contributed by atoms with Crippen molar-refractivity contribution in [3.05, 3.63) is 48.3 Å². The maximum Gasteiger partial charge on any atom is 0.161 e. The smallest absolute Gasteiger partial charge is 0.161 e. The van der Waals surface area contributed by atoms with Crippen molar-refractivity contribution < 1.29 is 0 Å². The Morgan fingerprint density at radius 3 is 2.77 bits per heavy atom. The molecule has 0 saturated heterocycles. The Balaban J connectivity index is 1.62. The number of aromatic amines is 1. The van der Waals surface area contributed by atoms with Crippen molar-refractivity contribution in [3.8, 4) is 11.4 Å². The van der Waals surface area contributed by atoms with Crippen LogP contribution in [-0.4, -0.2) is 20.2 Å². The van der Waals surface area contributed by atoms with Crippen LogP contribution in [0.15, 0.2) is 42.6 Å². The molecule has 0 bridgehead atoms. The Labute approximate surface area is 127 Å². The second-order valence-corrected chi connectivity index (χ2v) is 5.47. The quantitative estimate of drug-likeness (QED) is 0.687. The molecule has 6 heteroatoms. The molecule has 0 amide bonds. The van der Waals surface area contributed by atoms with E-state index in [0.29, 0.717) is 23.2 Å². The second-order valence-electron chi connectivity index (χ2n) is 5.47. The minimum Gasteiger partial charge on any atom is -0.394 e. The molecule has 4 rings (SSSR count). The van der Waals surface area contributed by atoms with Gasteiger partial charge in [-0.2, -0.15) is 5.10 Å². The van der Waals surface area contributed by atoms with E-state index in [0.717, 1.165) is 11.4 Å². The van der Waals surface area contributed by atoms with Gasteiger partial charge in [0.05, 0.1) is 11.9 Å². The molecule has 6 nitrogen and oxygen atoms in total. The lowest BCUT2D eigenvalue weighted by molar-refractivity contribution is 0.966. The summed E-state index contributed by atoms with van der Waals surface area (Å²) in [6.45, 7) is 0. The average Bonchev–Trinajstić information content (AvgIpc) is 3.30. The zero-order valence-corrected chi connectivity index (χ0v) is 12.0. The van der Waals surface area contributed by atoms with E-state index in [4.69, 9.17) is 5.73 Å². The summed E-state index contributed by atoms with van der Waals surface area (Å²) >= 11 is 0. The number of nitrogens with two attached hydrogens (primary N) is 1. The van der Waals surface area contributed by atoms with E-state index < -0.39 is 0 Å². The standard InChI is InChI=1S/C16H16N6/c17-12-9-18-15(11-4-2-1-3-5-11)20-16(12)19-14-8-13(21-22-14)10-6-7-10/h1-5,8-10H,6-7,17H2,(H2,18,19,20,21,22). The third-order valence-electron chi connectivity index (χ3n) is 3.71. The lowest BCUT2D eigenvalue weighted by Crippen LogP contribution is -2.02. The maximum atomic E-state index is 5.97. The zero-order valence-electron chi connectivity index (χ0n) is 12.0. The first-order valence-electron chi connectivity index (χ1n) is 7.30. The number of hydrogen-bond donors (Lipinski definition) is 3. The summed E-state index contributed by atoms with van der Waals surface area (Å²) < 4.78 is 0. The van der Waals surface area contributed by atoms with Gasteiger partial charge < -0.3 is 11.1 Å². The molecule has 3 aromatic rings. The van der Waals surface area contributed by atoms with Gasteiger partial charge in [-0.15, -0.1) is 0 Å². The summed E-state index contributed by atoms with van der Waals surface area (Å²) in [5, 5.41) is 10.5. The SMILES string of the molecule is Nc1cnc(-c2ccccc2)nc1Nc1cc(C2CC2)[nH]n1. The fourth-order valence-corrected chi connectivity index (χ4v) is 2.34. The minimum atomic E-state index is 0.496. The Morgan fingerprint density at radius 1 is 1.18 bits per heavy atom. The largest absolute Gasteiger partial charge is 0.394 e. The first kappa shape index (κ1) is 12.8. The summed E-state index contributed by atoms with van der Waals surface area (Å²) in [6, 6.07) is 11.8. The third kappa shape index (κ3) is 2.50. The number of hydrogen-bond acceptors (Lipinski definition) is 5. The van der Waals surface area contributed by atoms with Gasteiger partial charge >= 0.3 is 0 Å². The predicted molar refractivity (Wildman–Crippen MR) is 85.7 cm³/mol. The van der Waals surface area contributed by atoms with Crippen LogP contribution < -0.4 is 11.1 Å². The van der Waals surface area contributed by atoms with Gasteiger partial charge in [-0.25, -0.2) is 9.97 Å². The lowest BCUT2D eigenvalue weighted by Gasteiger charge is -2.07. The maximum absolute atomic E-state index is 5.97. The third-order valence-corrected chi connectivity index (χ3v) is 3.71. The molecule has 0 unspecified atom stereocenters. The molecule has 0 aliphatic heterocycles. The van der Waals surface area contributed by atoms with Crippen LogP contribution in [0.25, 0.3) is 11.4 Å². The number of nitrogens with one attached hydrogen (secondary N) is 2. The Hall–Kier alpha value is -2.89. The predicted octanol–water partition coefficient (Wildman–Crippen LogP) is 3.07. The van der Waals surface area contributed by atoms with E-state index >= 15 is 0 Å². The monoisotopic (exact) mass is 292 g/mol. The van der Waals surface area contributed by atoms with Crippen molar-refractivity contribution >= 4 is 17.3 Å². The zero-order chi connectivity index (χ0) is 14.9. The van der Waals surface area contributed by atoms with Gasteiger partial charge in [-0.3, -0.25) is 5.10 Å². The highest BCUT2D eigenvalue weighted by Gasteiger charge is 2.25. The molecule has 22 heavy (non-hydrogen) atoms. The Morgan fingerprint density at radius 2 is 2.00 bits per heavy atom. The molecule has 1 aliphatic rings. The molecule has 1 fully saturated rings. The number of rotatable bonds is 4. The average molecular weight is 292 g/mol. The van der Waals surface area contributed by atoms with Crippen molar-refractivity contribution in [2.24, 2.45) is 0 Å². The normalized spacial score (nSPS) is 14.0. The molecule has 2 aromatic heterocycles. The number of H-pyrrole nitrogens is 1. The summed E-state index contributed by atoms with van der Waals surface area (Å²) in [5.74, 6) is 2.56. The van der Waals surface area contributed by atoms with E-state index in [9.17, 15) is 0 Å². The van der Waals surface area contributed by atoms with Crippen LogP contribution in [0.1, 0.15) is 24.5 Å². The van der Waals surface area contributed by atoms with Gasteiger partial charge in [-0.05, 0) is 12.8 Å². The second kappa shape index (κ2) is 5.14. The molecule has 0 atom stereocenters. The van der Waals surface area contributed by atoms with Crippen LogP contribution in [0.3, 0.4) is 0 Å². The molecule has 1 aromatic carbocycles. The van der Waals surface area contributed by atoms with Gasteiger partial charge in [-0.1, -0.05) is 30.3 Å². The molecule has 110 valence electrons. The van der Waals surface area contributed by atoms with Crippen molar-refractivity contribution in [2.75, 3.05) is 11.1 Å². The van der Waals surface area contributed by atoms with Gasteiger partial charge in [0.2, 0.25) is 0 Å².